The van der Waals surface area contributed by atoms with E-state index in [2.05, 4.69) is 20.7 Å². The molecule has 2 rings (SSSR count). The van der Waals surface area contributed by atoms with Crippen LogP contribution >= 0.6 is 0 Å². The summed E-state index contributed by atoms with van der Waals surface area (Å²) in [5, 5.41) is 9.79. The number of aromatic nitrogens is 3. The molecule has 0 unspecified atom stereocenters. The van der Waals surface area contributed by atoms with Gasteiger partial charge >= 0.3 is 6.03 Å². The second-order valence-electron chi connectivity index (χ2n) is 4.86. The van der Waals surface area contributed by atoms with Gasteiger partial charge in [0.05, 0.1) is 13.2 Å². The summed E-state index contributed by atoms with van der Waals surface area (Å²) in [5.74, 6) is 0.551. The van der Waals surface area contributed by atoms with Gasteiger partial charge in [-0.2, -0.15) is 5.10 Å². The molecular weight excluding hydrogens is 282 g/mol. The van der Waals surface area contributed by atoms with Gasteiger partial charge in [-0.25, -0.2) is 9.78 Å². The molecule has 2 N–H and O–H groups in total. The number of nitrogens with one attached hydrogen (secondary N) is 2. The highest BCUT2D eigenvalue weighted by Crippen LogP contribution is 2.13. The summed E-state index contributed by atoms with van der Waals surface area (Å²) < 4.78 is 7.20. The Bertz CT molecular complexity index is 585. The molecule has 0 aromatic carbocycles. The molecule has 22 heavy (non-hydrogen) atoms. The van der Waals surface area contributed by atoms with Crippen LogP contribution in [0.15, 0.2) is 36.8 Å². The highest BCUT2D eigenvalue weighted by molar-refractivity contribution is 5.74. The minimum Gasteiger partial charge on any atom is -0.478 e. The van der Waals surface area contributed by atoms with E-state index in [1.165, 1.54) is 0 Å². The molecule has 0 aliphatic rings. The molecule has 0 saturated carbocycles. The van der Waals surface area contributed by atoms with Crippen molar-refractivity contribution in [1.82, 2.24) is 25.4 Å². The van der Waals surface area contributed by atoms with Crippen LogP contribution in [0, 0.1) is 0 Å². The second kappa shape index (κ2) is 8.02. The Morgan fingerprint density at radius 3 is 3.00 bits per heavy atom. The zero-order valence-corrected chi connectivity index (χ0v) is 12.8. The average Bonchev–Trinajstić information content (AvgIpc) is 2.99. The van der Waals surface area contributed by atoms with Crippen LogP contribution in [0.3, 0.4) is 0 Å². The van der Waals surface area contributed by atoms with Crippen LogP contribution in [-0.2, 0) is 13.1 Å². The third-order valence-corrected chi connectivity index (χ3v) is 2.97. The smallest absolute Gasteiger partial charge is 0.315 e. The van der Waals surface area contributed by atoms with Gasteiger partial charge in [-0.15, -0.1) is 0 Å². The van der Waals surface area contributed by atoms with Crippen LogP contribution in [-0.4, -0.2) is 33.4 Å². The van der Waals surface area contributed by atoms with Crippen molar-refractivity contribution < 1.29 is 9.53 Å². The molecule has 0 aliphatic heterocycles. The second-order valence-corrected chi connectivity index (χ2v) is 4.86. The number of hydrogen-bond donors (Lipinski definition) is 2. The summed E-state index contributed by atoms with van der Waals surface area (Å²) in [4.78, 5) is 16.1. The van der Waals surface area contributed by atoms with E-state index >= 15 is 0 Å². The fourth-order valence-electron chi connectivity index (χ4n) is 2.01. The van der Waals surface area contributed by atoms with E-state index in [-0.39, 0.29) is 12.1 Å². The lowest BCUT2D eigenvalue weighted by molar-refractivity contribution is 0.235. The molecule has 7 heteroatoms. The Morgan fingerprint density at radius 1 is 1.41 bits per heavy atom. The Labute approximate surface area is 129 Å². The van der Waals surface area contributed by atoms with Crippen LogP contribution in [0.1, 0.15) is 19.4 Å². The van der Waals surface area contributed by atoms with E-state index < -0.39 is 0 Å². The number of ether oxygens (including phenoxy) is 1. The first-order chi connectivity index (χ1) is 10.7. The van der Waals surface area contributed by atoms with Gasteiger partial charge in [0.25, 0.3) is 0 Å². The lowest BCUT2D eigenvalue weighted by atomic mass is 10.2. The average molecular weight is 303 g/mol. The zero-order chi connectivity index (χ0) is 15.8. The van der Waals surface area contributed by atoms with Crippen molar-refractivity contribution in [2.75, 3.05) is 6.61 Å². The first-order valence-electron chi connectivity index (χ1n) is 7.27. The zero-order valence-electron chi connectivity index (χ0n) is 12.8. The lowest BCUT2D eigenvalue weighted by Crippen LogP contribution is -2.42. The maximum absolute atomic E-state index is 11.9. The van der Waals surface area contributed by atoms with Gasteiger partial charge in [0.1, 0.15) is 0 Å². The molecule has 0 fully saturated rings. The number of hydrogen-bond acceptors (Lipinski definition) is 4. The van der Waals surface area contributed by atoms with Gasteiger partial charge in [-0.05, 0) is 26.0 Å². The molecule has 2 aromatic heterocycles. The number of amides is 2. The first-order valence-corrected chi connectivity index (χ1v) is 7.27. The minimum atomic E-state index is -0.231. The predicted molar refractivity (Wildman–Crippen MR) is 82.5 cm³/mol. The quantitative estimate of drug-likeness (QED) is 0.813. The number of rotatable bonds is 7. The lowest BCUT2D eigenvalue weighted by Gasteiger charge is -2.15. The summed E-state index contributed by atoms with van der Waals surface area (Å²) >= 11 is 0. The van der Waals surface area contributed by atoms with Crippen molar-refractivity contribution >= 4 is 6.03 Å². The molecule has 0 bridgehead atoms. The Morgan fingerprint density at radius 2 is 2.27 bits per heavy atom. The Balaban J connectivity index is 1.80. The summed E-state index contributed by atoms with van der Waals surface area (Å²) in [6.07, 6.45) is 5.24. The molecule has 0 aliphatic carbocycles. The molecule has 0 radical (unpaired) electrons. The van der Waals surface area contributed by atoms with Crippen molar-refractivity contribution in [3.05, 3.63) is 42.4 Å². The normalized spacial score (nSPS) is 11.7. The maximum atomic E-state index is 11.9. The van der Waals surface area contributed by atoms with Gasteiger partial charge in [-0.3, -0.25) is 4.68 Å². The van der Waals surface area contributed by atoms with Gasteiger partial charge in [0.2, 0.25) is 5.88 Å². The summed E-state index contributed by atoms with van der Waals surface area (Å²) in [7, 11) is 0. The van der Waals surface area contributed by atoms with Gasteiger partial charge < -0.3 is 15.4 Å². The van der Waals surface area contributed by atoms with Crippen molar-refractivity contribution in [2.45, 2.75) is 33.0 Å². The molecule has 0 spiro atoms. The Kier molecular flexibility index (Phi) is 5.76. The van der Waals surface area contributed by atoms with Crippen molar-refractivity contribution in [3.8, 4) is 5.88 Å². The number of pyridine rings is 1. The maximum Gasteiger partial charge on any atom is 0.315 e. The van der Waals surface area contributed by atoms with E-state index in [0.29, 0.717) is 25.6 Å². The SMILES string of the molecule is CCOc1ncccc1CNC(=O)N[C@H](C)Cn1cccn1. The van der Waals surface area contributed by atoms with Crippen LogP contribution in [0.2, 0.25) is 0 Å². The number of nitrogens with zero attached hydrogens (tertiary/aromatic N) is 3. The summed E-state index contributed by atoms with van der Waals surface area (Å²) in [5.41, 5.74) is 0.847. The first kappa shape index (κ1) is 15.8. The molecule has 1 atom stereocenters. The van der Waals surface area contributed by atoms with E-state index in [9.17, 15) is 4.79 Å². The standard InChI is InChI=1S/C15H21N5O2/c1-3-22-14-13(6-4-7-16-14)10-17-15(21)19-12(2)11-20-9-5-8-18-20/h4-9,12H,3,10-11H2,1-2H3,(H2,17,19,21)/t12-/m1/s1. The fourth-order valence-corrected chi connectivity index (χ4v) is 2.01. The minimum absolute atomic E-state index is 0.0276. The van der Waals surface area contributed by atoms with E-state index in [1.54, 1.807) is 17.1 Å². The van der Waals surface area contributed by atoms with E-state index in [0.717, 1.165) is 5.56 Å². The van der Waals surface area contributed by atoms with Crippen LogP contribution in [0.4, 0.5) is 4.79 Å². The van der Waals surface area contributed by atoms with Crippen molar-refractivity contribution in [3.63, 3.8) is 0 Å². The topological polar surface area (TPSA) is 81.1 Å². The van der Waals surface area contributed by atoms with Crippen LogP contribution in [0.25, 0.3) is 0 Å². The number of carbonyl (C=O) groups is 1. The number of urea groups is 1. The largest absolute Gasteiger partial charge is 0.478 e. The molecule has 2 heterocycles. The highest BCUT2D eigenvalue weighted by Gasteiger charge is 2.09. The van der Waals surface area contributed by atoms with E-state index in [1.807, 2.05) is 38.2 Å². The summed E-state index contributed by atoms with van der Waals surface area (Å²) in [6.45, 7) is 5.35. The van der Waals surface area contributed by atoms with Crippen LogP contribution in [0.5, 0.6) is 5.88 Å². The van der Waals surface area contributed by atoms with Crippen LogP contribution < -0.4 is 15.4 Å². The van der Waals surface area contributed by atoms with Gasteiger partial charge in [-0.1, -0.05) is 6.07 Å². The highest BCUT2D eigenvalue weighted by atomic mass is 16.5. The molecule has 118 valence electrons. The predicted octanol–water partition coefficient (Wildman–Crippen LogP) is 1.56. The third-order valence-electron chi connectivity index (χ3n) is 2.97. The summed E-state index contributed by atoms with van der Waals surface area (Å²) in [6, 6.07) is 5.29. The van der Waals surface area contributed by atoms with E-state index in [4.69, 9.17) is 4.74 Å². The number of carbonyl (C=O) groups excluding carboxylic acids is 1. The molecule has 0 saturated heterocycles. The molecular formula is C15H21N5O2. The van der Waals surface area contributed by atoms with Crippen molar-refractivity contribution in [1.29, 1.82) is 0 Å². The van der Waals surface area contributed by atoms with Crippen molar-refractivity contribution in [2.24, 2.45) is 0 Å². The van der Waals surface area contributed by atoms with Gasteiger partial charge in [0.15, 0.2) is 0 Å². The Hall–Kier alpha value is -2.57. The van der Waals surface area contributed by atoms with Gasteiger partial charge in [0, 0.05) is 36.7 Å². The monoisotopic (exact) mass is 303 g/mol. The molecule has 2 aromatic rings. The molecule has 2 amide bonds. The third kappa shape index (κ3) is 4.76. The fraction of sp³-hybridized carbons (Fsp3) is 0.400. The molecule has 7 nitrogen and oxygen atoms in total.